The molecule has 3 aliphatic carbocycles. The van der Waals surface area contributed by atoms with Gasteiger partial charge in [-0.3, -0.25) is 19.7 Å². The molecule has 1 N–H and O–H groups in total. The van der Waals surface area contributed by atoms with Gasteiger partial charge in [0, 0.05) is 17.7 Å². The van der Waals surface area contributed by atoms with Crippen molar-refractivity contribution >= 4 is 29.7 Å². The number of carboxylic acid groups (broad SMARTS) is 1. The molecule has 162 valence electrons. The summed E-state index contributed by atoms with van der Waals surface area (Å²) in [7, 11) is 0. The summed E-state index contributed by atoms with van der Waals surface area (Å²) < 4.78 is 5.62. The Morgan fingerprint density at radius 1 is 1.12 bits per heavy atom. The molecule has 1 aromatic heterocycles. The quantitative estimate of drug-likeness (QED) is 0.250. The molecule has 2 bridgehead atoms. The minimum absolute atomic E-state index is 0.0634. The van der Waals surface area contributed by atoms with Crippen LogP contribution in [-0.2, 0) is 9.59 Å². The van der Waals surface area contributed by atoms with Crippen molar-refractivity contribution in [1.29, 1.82) is 0 Å². The third kappa shape index (κ3) is 3.03. The molecule has 10 nitrogen and oxygen atoms in total. The van der Waals surface area contributed by atoms with Crippen LogP contribution >= 0.6 is 0 Å². The van der Waals surface area contributed by atoms with Gasteiger partial charge < -0.3 is 9.52 Å². The number of carboxylic acids is 1. The van der Waals surface area contributed by atoms with Crippen molar-refractivity contribution in [3.63, 3.8) is 0 Å². The van der Waals surface area contributed by atoms with Crippen molar-refractivity contribution in [3.05, 3.63) is 63.9 Å². The molecule has 0 unspecified atom stereocenters. The Morgan fingerprint density at radius 2 is 1.78 bits per heavy atom. The van der Waals surface area contributed by atoms with Gasteiger partial charge in [-0.2, -0.15) is 10.1 Å². The number of fused-ring (bicyclic) bond motifs is 1. The normalized spacial score (nSPS) is 26.2. The summed E-state index contributed by atoms with van der Waals surface area (Å²) in [5, 5.41) is 25.3. The third-order valence-corrected chi connectivity index (χ3v) is 6.37. The van der Waals surface area contributed by atoms with Gasteiger partial charge in [0.1, 0.15) is 11.5 Å². The summed E-state index contributed by atoms with van der Waals surface area (Å²) >= 11 is 0. The fraction of sp³-hybridized carbons (Fsp3) is 0.273. The highest BCUT2D eigenvalue weighted by molar-refractivity contribution is 6.06. The van der Waals surface area contributed by atoms with Crippen LogP contribution in [0.3, 0.4) is 0 Å². The highest BCUT2D eigenvalue weighted by Gasteiger charge is 2.56. The number of allylic oxidation sites excluding steroid dienone is 2. The van der Waals surface area contributed by atoms with Crippen molar-refractivity contribution in [2.75, 3.05) is 0 Å². The highest BCUT2D eigenvalue weighted by Crippen LogP contribution is 2.49. The zero-order valence-corrected chi connectivity index (χ0v) is 16.6. The molecule has 32 heavy (non-hydrogen) atoms. The summed E-state index contributed by atoms with van der Waals surface area (Å²) in [4.78, 5) is 47.4. The Labute approximate surface area is 181 Å². The molecule has 2 fully saturated rings. The minimum Gasteiger partial charge on any atom is -0.478 e. The maximum absolute atomic E-state index is 12.8. The van der Waals surface area contributed by atoms with Crippen molar-refractivity contribution in [2.24, 2.45) is 28.8 Å². The largest absolute Gasteiger partial charge is 0.478 e. The number of rotatable bonds is 5. The van der Waals surface area contributed by atoms with Gasteiger partial charge in [-0.25, -0.2) is 4.79 Å². The van der Waals surface area contributed by atoms with Crippen molar-refractivity contribution in [3.8, 4) is 11.3 Å². The lowest BCUT2D eigenvalue weighted by atomic mass is 9.63. The van der Waals surface area contributed by atoms with Crippen LogP contribution in [-0.4, -0.2) is 39.0 Å². The maximum atomic E-state index is 12.8. The summed E-state index contributed by atoms with van der Waals surface area (Å²) in [6, 6.07) is 6.44. The predicted molar refractivity (Wildman–Crippen MR) is 110 cm³/mol. The Morgan fingerprint density at radius 3 is 2.34 bits per heavy atom. The number of carbonyl (C=O) groups excluding carboxylic acids is 2. The molecular formula is C22H17N3O7. The topological polar surface area (TPSA) is 143 Å². The average Bonchev–Trinajstić information content (AvgIpc) is 3.36. The molecule has 6 rings (SSSR count). The van der Waals surface area contributed by atoms with E-state index in [0.717, 1.165) is 23.9 Å². The van der Waals surface area contributed by atoms with E-state index < -0.39 is 10.9 Å². The fourth-order valence-electron chi connectivity index (χ4n) is 4.89. The first kappa shape index (κ1) is 19.9. The number of benzene rings is 1. The SMILES string of the molecule is O=C(O)c1cc([N+](=O)[O-])ccc1-c1ccc(/C=N\N2C(=O)[C@@H]3[C@@H](C2=O)[C@H]2C=C[C@H]3CC2)o1. The first-order valence-electron chi connectivity index (χ1n) is 10.1. The van der Waals surface area contributed by atoms with Gasteiger partial charge in [0.2, 0.25) is 0 Å². The van der Waals surface area contributed by atoms with Crippen LogP contribution in [0.5, 0.6) is 0 Å². The summed E-state index contributed by atoms with van der Waals surface area (Å²) in [5.41, 5.74) is -0.478. The molecule has 1 saturated carbocycles. The second-order valence-corrected chi connectivity index (χ2v) is 8.07. The molecule has 4 aliphatic rings. The van der Waals surface area contributed by atoms with Gasteiger partial charge in [0.05, 0.1) is 28.5 Å². The van der Waals surface area contributed by atoms with Gasteiger partial charge in [0.15, 0.2) is 0 Å². The van der Waals surface area contributed by atoms with Crippen LogP contribution < -0.4 is 0 Å². The number of nitro groups is 1. The Bertz CT molecular complexity index is 1200. The van der Waals surface area contributed by atoms with E-state index in [4.69, 9.17) is 4.42 Å². The van der Waals surface area contributed by atoms with Crippen molar-refractivity contribution in [2.45, 2.75) is 12.8 Å². The summed E-state index contributed by atoms with van der Waals surface area (Å²) in [6.45, 7) is 0. The van der Waals surface area contributed by atoms with Crippen molar-refractivity contribution < 1.29 is 28.8 Å². The number of nitro benzene ring substituents is 1. The molecule has 2 heterocycles. The lowest BCUT2D eigenvalue weighted by Gasteiger charge is -2.37. The molecule has 10 heteroatoms. The molecule has 2 aromatic rings. The van der Waals surface area contributed by atoms with Crippen LogP contribution in [0.25, 0.3) is 11.3 Å². The molecule has 0 spiro atoms. The predicted octanol–water partition coefficient (Wildman–Crippen LogP) is 3.08. The average molecular weight is 435 g/mol. The minimum atomic E-state index is -1.34. The van der Waals surface area contributed by atoms with E-state index in [9.17, 15) is 29.6 Å². The van der Waals surface area contributed by atoms with E-state index in [2.05, 4.69) is 5.10 Å². The molecule has 1 saturated heterocycles. The third-order valence-electron chi connectivity index (χ3n) is 6.37. The van der Waals surface area contributed by atoms with Gasteiger partial charge in [0.25, 0.3) is 17.5 Å². The van der Waals surface area contributed by atoms with Gasteiger partial charge in [-0.05, 0) is 42.9 Å². The number of hydrogen-bond acceptors (Lipinski definition) is 7. The zero-order valence-electron chi connectivity index (χ0n) is 16.6. The fourth-order valence-corrected chi connectivity index (χ4v) is 4.89. The standard InChI is InChI=1S/C22H17N3O7/c26-20-18-11-1-2-12(4-3-11)19(18)21(27)24(20)23-10-14-6-8-17(32-14)15-7-5-13(25(30)31)9-16(15)22(28)29/h1-2,5-12,18-19H,3-4H2,(H,28,29)/b23-10-/t11-,12-,18-,19-/m0/s1. The molecule has 2 amide bonds. The number of hydrazone groups is 1. The molecule has 1 aromatic carbocycles. The van der Waals surface area contributed by atoms with Crippen LogP contribution in [0.1, 0.15) is 29.0 Å². The Hall–Kier alpha value is -4.08. The summed E-state index contributed by atoms with van der Waals surface area (Å²) in [5.74, 6) is -2.21. The van der Waals surface area contributed by atoms with Crippen LogP contribution in [0.15, 0.2) is 52.0 Å². The van der Waals surface area contributed by atoms with E-state index >= 15 is 0 Å². The number of non-ortho nitro benzene ring substituents is 1. The van der Waals surface area contributed by atoms with E-state index in [-0.39, 0.29) is 63.8 Å². The first-order chi connectivity index (χ1) is 15.3. The van der Waals surface area contributed by atoms with Crippen molar-refractivity contribution in [1.82, 2.24) is 5.01 Å². The highest BCUT2D eigenvalue weighted by atomic mass is 16.6. The molecule has 4 atom stereocenters. The zero-order chi connectivity index (χ0) is 22.6. The van der Waals surface area contributed by atoms with Gasteiger partial charge in [-0.1, -0.05) is 12.2 Å². The molecule has 0 radical (unpaired) electrons. The van der Waals surface area contributed by atoms with E-state index in [1.807, 2.05) is 12.2 Å². The number of amides is 2. The van der Waals surface area contributed by atoms with Crippen LogP contribution in [0, 0.1) is 33.8 Å². The molecular weight excluding hydrogens is 418 g/mol. The number of aromatic carboxylic acids is 1. The van der Waals surface area contributed by atoms with E-state index in [1.165, 1.54) is 30.5 Å². The Balaban J connectivity index is 1.40. The van der Waals surface area contributed by atoms with Gasteiger partial charge in [-0.15, -0.1) is 0 Å². The van der Waals surface area contributed by atoms with E-state index in [0.29, 0.717) is 0 Å². The number of carbonyl (C=O) groups is 3. The number of imide groups is 1. The van der Waals surface area contributed by atoms with Crippen LogP contribution in [0.4, 0.5) is 5.69 Å². The van der Waals surface area contributed by atoms with Gasteiger partial charge >= 0.3 is 5.97 Å². The monoisotopic (exact) mass is 435 g/mol. The van der Waals surface area contributed by atoms with E-state index in [1.54, 1.807) is 0 Å². The second kappa shape index (κ2) is 7.26. The number of nitrogens with zero attached hydrogens (tertiary/aromatic N) is 3. The lowest BCUT2D eigenvalue weighted by Crippen LogP contribution is -2.38. The summed E-state index contributed by atoms with van der Waals surface area (Å²) in [6.07, 6.45) is 7.06. The smallest absolute Gasteiger partial charge is 0.336 e. The maximum Gasteiger partial charge on any atom is 0.336 e. The number of hydrogen-bond donors (Lipinski definition) is 1. The second-order valence-electron chi connectivity index (χ2n) is 8.07. The Kier molecular flexibility index (Phi) is 4.50. The molecule has 1 aliphatic heterocycles. The first-order valence-corrected chi connectivity index (χ1v) is 10.1. The number of furan rings is 1. The van der Waals surface area contributed by atoms with Crippen LogP contribution in [0.2, 0.25) is 0 Å². The lowest BCUT2D eigenvalue weighted by molar-refractivity contribution is -0.384.